The van der Waals surface area contributed by atoms with E-state index in [-0.39, 0.29) is 28.8 Å². The summed E-state index contributed by atoms with van der Waals surface area (Å²) in [5, 5.41) is 0. The summed E-state index contributed by atoms with van der Waals surface area (Å²) in [6.07, 6.45) is 15.5. The number of carbonyl (C=O) groups is 3. The van der Waals surface area contributed by atoms with Gasteiger partial charge in [0.15, 0.2) is 0 Å². The van der Waals surface area contributed by atoms with Crippen LogP contribution in [0.3, 0.4) is 0 Å². The number of carbonyl (C=O) groups excluding carboxylic acids is 3. The van der Waals surface area contributed by atoms with Crippen LogP contribution in [0, 0.1) is 47.3 Å². The summed E-state index contributed by atoms with van der Waals surface area (Å²) in [5.74, 6) is 4.20. The van der Waals surface area contributed by atoms with E-state index in [4.69, 9.17) is 0 Å². The van der Waals surface area contributed by atoms with Crippen LogP contribution in [-0.4, -0.2) is 51.4 Å². The number of piperidine rings is 2. The lowest BCUT2D eigenvalue weighted by molar-refractivity contribution is -0.170. The minimum absolute atomic E-state index is 0.0155. The van der Waals surface area contributed by atoms with Gasteiger partial charge in [-0.2, -0.15) is 0 Å². The average Bonchev–Trinajstić information content (AvgIpc) is 2.84. The van der Waals surface area contributed by atoms with Crippen molar-refractivity contribution < 1.29 is 14.4 Å². The molecule has 5 heteroatoms. The van der Waals surface area contributed by atoms with Crippen molar-refractivity contribution in [3.05, 3.63) is 23.4 Å². The Labute approximate surface area is 221 Å². The molecule has 1 amide bonds. The molecule has 4 bridgehead atoms. The van der Waals surface area contributed by atoms with E-state index in [2.05, 4.69) is 35.9 Å². The molecule has 2 saturated heterocycles. The van der Waals surface area contributed by atoms with E-state index < -0.39 is 0 Å². The fourth-order valence-electron chi connectivity index (χ4n) is 11.9. The molecule has 4 aliphatic heterocycles. The molecule has 8 aliphatic rings. The third-order valence-corrected chi connectivity index (χ3v) is 12.7. The zero-order valence-corrected chi connectivity index (χ0v) is 22.6. The first-order valence-electron chi connectivity index (χ1n) is 15.4. The summed E-state index contributed by atoms with van der Waals surface area (Å²) < 4.78 is 0. The Balaban J connectivity index is 1.25. The number of nitrogens with zero attached hydrogens (tertiary/aromatic N) is 2. The smallest absolute Gasteiger partial charge is 0.254 e. The highest BCUT2D eigenvalue weighted by molar-refractivity contribution is 6.01. The second kappa shape index (κ2) is 7.60. The maximum Gasteiger partial charge on any atom is 0.254 e. The highest BCUT2D eigenvalue weighted by Crippen LogP contribution is 2.63. The number of hydrogen-bond donors (Lipinski definition) is 0. The van der Waals surface area contributed by atoms with E-state index in [1.165, 1.54) is 5.57 Å². The lowest BCUT2D eigenvalue weighted by atomic mass is 9.47. The second-order valence-corrected chi connectivity index (χ2v) is 14.5. The van der Waals surface area contributed by atoms with Crippen LogP contribution < -0.4 is 0 Å². The van der Waals surface area contributed by atoms with Gasteiger partial charge < -0.3 is 9.80 Å². The molecule has 5 nitrogen and oxygen atoms in total. The van der Waals surface area contributed by atoms with Crippen LogP contribution in [-0.2, 0) is 14.4 Å². The third-order valence-electron chi connectivity index (χ3n) is 12.7. The fraction of sp³-hybridized carbons (Fsp3) is 0.781. The Morgan fingerprint density at radius 3 is 2.24 bits per heavy atom. The molecule has 0 aromatic rings. The molecule has 2 spiro atoms. The van der Waals surface area contributed by atoms with E-state index in [1.807, 2.05) is 0 Å². The molecule has 4 heterocycles. The van der Waals surface area contributed by atoms with Gasteiger partial charge in [-0.05, 0) is 93.0 Å². The molecule has 0 aromatic heterocycles. The van der Waals surface area contributed by atoms with Crippen molar-refractivity contribution in [1.29, 1.82) is 0 Å². The highest BCUT2D eigenvalue weighted by Gasteiger charge is 2.66. The standard InChI is InChI=1S/C32H42N2O3/c1-18-9-20-12-28(35)24-5-3-7-33-17-22(11-26(20)31(24,33)15-18)23-14-27-21-10-19(2)16-32(27)25(29(36)13-21)6-4-8-34(32)30(23)37/h14,17-21,24-27H,3-13,15-16H2,1-2H3/t18-,19-,20+,21+,24-,25-,26-,27-,31+,32+/m1/s1. The van der Waals surface area contributed by atoms with Crippen molar-refractivity contribution in [3.8, 4) is 0 Å². The molecular weight excluding hydrogens is 460 g/mol. The van der Waals surface area contributed by atoms with Crippen molar-refractivity contribution in [3.63, 3.8) is 0 Å². The summed E-state index contributed by atoms with van der Waals surface area (Å²) in [5.41, 5.74) is 1.90. The summed E-state index contributed by atoms with van der Waals surface area (Å²) in [4.78, 5) is 45.8. The van der Waals surface area contributed by atoms with Gasteiger partial charge in [-0.3, -0.25) is 14.4 Å². The van der Waals surface area contributed by atoms with Crippen molar-refractivity contribution in [2.75, 3.05) is 13.1 Å². The molecule has 8 rings (SSSR count). The normalized spacial score (nSPS) is 50.2. The maximum atomic E-state index is 14.4. The summed E-state index contributed by atoms with van der Waals surface area (Å²) in [6, 6.07) is 0. The monoisotopic (exact) mass is 502 g/mol. The summed E-state index contributed by atoms with van der Waals surface area (Å²) in [6.45, 7) is 6.54. The van der Waals surface area contributed by atoms with Gasteiger partial charge in [-0.25, -0.2) is 0 Å². The van der Waals surface area contributed by atoms with E-state index in [0.29, 0.717) is 53.5 Å². The zero-order valence-electron chi connectivity index (χ0n) is 22.6. The van der Waals surface area contributed by atoms with Crippen LogP contribution in [0.25, 0.3) is 0 Å². The van der Waals surface area contributed by atoms with Crippen LogP contribution in [0.5, 0.6) is 0 Å². The maximum absolute atomic E-state index is 14.4. The average molecular weight is 503 g/mol. The van der Waals surface area contributed by atoms with Crippen LogP contribution in [0.2, 0.25) is 0 Å². The molecule has 0 unspecified atom stereocenters. The first-order valence-corrected chi connectivity index (χ1v) is 15.4. The second-order valence-electron chi connectivity index (χ2n) is 14.5. The molecule has 0 aromatic carbocycles. The number of hydrogen-bond acceptors (Lipinski definition) is 4. The predicted octanol–water partition coefficient (Wildman–Crippen LogP) is 4.91. The van der Waals surface area contributed by atoms with E-state index in [9.17, 15) is 14.4 Å². The first-order chi connectivity index (χ1) is 17.8. The predicted molar refractivity (Wildman–Crippen MR) is 140 cm³/mol. The van der Waals surface area contributed by atoms with E-state index in [0.717, 1.165) is 82.9 Å². The van der Waals surface area contributed by atoms with Gasteiger partial charge in [0.25, 0.3) is 5.91 Å². The number of rotatable bonds is 1. The quantitative estimate of drug-likeness (QED) is 0.511. The Morgan fingerprint density at radius 1 is 0.811 bits per heavy atom. The number of Topliss-reactive ketones (excluding diaryl/α,β-unsaturated/α-hetero) is 2. The van der Waals surface area contributed by atoms with Gasteiger partial charge in [-0.15, -0.1) is 0 Å². The lowest BCUT2D eigenvalue weighted by Crippen LogP contribution is -2.72. The summed E-state index contributed by atoms with van der Waals surface area (Å²) in [7, 11) is 0. The minimum atomic E-state index is -0.271. The molecule has 0 radical (unpaired) electrons. The number of amides is 1. The molecule has 4 saturated carbocycles. The van der Waals surface area contributed by atoms with Crippen LogP contribution in [0.4, 0.5) is 0 Å². The molecule has 0 N–H and O–H groups in total. The Morgan fingerprint density at radius 2 is 1.46 bits per heavy atom. The first kappa shape index (κ1) is 23.0. The van der Waals surface area contributed by atoms with Gasteiger partial charge in [0.1, 0.15) is 11.6 Å². The SMILES string of the molecule is C[C@@H]1C[C@H]2CC(=O)[C@H]3CCCN4C=C(C5=C[C@@H]6[C@@H]7CC(=O)[C@H]8CCCN(C5=O)[C@@]86C[C@H](C)C7)C[C@H]2[C@]34C1. The molecule has 4 aliphatic carbocycles. The van der Waals surface area contributed by atoms with Gasteiger partial charge in [0, 0.05) is 55.5 Å². The molecular formula is C32H42N2O3. The molecule has 37 heavy (non-hydrogen) atoms. The number of ketones is 2. The molecule has 198 valence electrons. The van der Waals surface area contributed by atoms with Crippen LogP contribution >= 0.6 is 0 Å². The van der Waals surface area contributed by atoms with Crippen LogP contribution in [0.1, 0.15) is 84.5 Å². The highest BCUT2D eigenvalue weighted by atomic mass is 16.2. The van der Waals surface area contributed by atoms with Crippen molar-refractivity contribution in [2.24, 2.45) is 47.3 Å². The molecule has 10 atom stereocenters. The topological polar surface area (TPSA) is 57.7 Å². The third kappa shape index (κ3) is 2.79. The van der Waals surface area contributed by atoms with E-state index >= 15 is 0 Å². The minimum Gasteiger partial charge on any atom is -0.370 e. The van der Waals surface area contributed by atoms with Gasteiger partial charge in [0.2, 0.25) is 0 Å². The lowest BCUT2D eigenvalue weighted by Gasteiger charge is -2.66. The van der Waals surface area contributed by atoms with Crippen molar-refractivity contribution in [2.45, 2.75) is 95.6 Å². The van der Waals surface area contributed by atoms with Crippen molar-refractivity contribution >= 4 is 17.5 Å². The zero-order chi connectivity index (χ0) is 25.3. The van der Waals surface area contributed by atoms with Gasteiger partial charge in [0.05, 0.1) is 11.1 Å². The van der Waals surface area contributed by atoms with Gasteiger partial charge in [-0.1, -0.05) is 19.9 Å². The largest absolute Gasteiger partial charge is 0.370 e. The Kier molecular flexibility index (Phi) is 4.73. The Bertz CT molecular complexity index is 1150. The Hall–Kier alpha value is -1.91. The van der Waals surface area contributed by atoms with Crippen LogP contribution in [0.15, 0.2) is 23.4 Å². The van der Waals surface area contributed by atoms with E-state index in [1.54, 1.807) is 0 Å². The summed E-state index contributed by atoms with van der Waals surface area (Å²) >= 11 is 0. The van der Waals surface area contributed by atoms with Crippen molar-refractivity contribution in [1.82, 2.24) is 9.80 Å². The molecule has 6 fully saturated rings. The fourth-order valence-corrected chi connectivity index (χ4v) is 11.9. The van der Waals surface area contributed by atoms with Gasteiger partial charge >= 0.3 is 0 Å².